The second-order valence-corrected chi connectivity index (χ2v) is 5.53. The van der Waals surface area contributed by atoms with E-state index in [1.54, 1.807) is 0 Å². The molecule has 1 fully saturated rings. The van der Waals surface area contributed by atoms with E-state index in [-0.39, 0.29) is 24.1 Å². The molecule has 108 valence electrons. The van der Waals surface area contributed by atoms with E-state index in [1.807, 2.05) is 32.0 Å². The van der Waals surface area contributed by atoms with Crippen molar-refractivity contribution in [1.82, 2.24) is 0 Å². The van der Waals surface area contributed by atoms with Gasteiger partial charge < -0.3 is 9.47 Å². The highest BCUT2D eigenvalue weighted by Gasteiger charge is 2.28. The molecular formula is C17H22O3. The second kappa shape index (κ2) is 6.71. The van der Waals surface area contributed by atoms with E-state index < -0.39 is 0 Å². The molecule has 0 spiro atoms. The Morgan fingerprint density at radius 3 is 2.70 bits per heavy atom. The molecule has 1 aromatic rings. The standard InChI is InChI=1S/C17H22O3/c1-12(2)20-17(18)10-15-11-19-16(9-13(15)3)14-7-5-4-6-8-14/h4-8,12,15-16H,3,9-11H2,1-2H3/t15-,16+/m1/s1. The highest BCUT2D eigenvalue weighted by molar-refractivity contribution is 5.70. The van der Waals surface area contributed by atoms with Gasteiger partial charge in [-0.1, -0.05) is 42.5 Å². The highest BCUT2D eigenvalue weighted by atomic mass is 16.5. The van der Waals surface area contributed by atoms with Crippen LogP contribution in [0.2, 0.25) is 0 Å². The average molecular weight is 274 g/mol. The molecule has 1 aliphatic heterocycles. The Morgan fingerprint density at radius 1 is 1.40 bits per heavy atom. The Morgan fingerprint density at radius 2 is 2.10 bits per heavy atom. The topological polar surface area (TPSA) is 35.5 Å². The van der Waals surface area contributed by atoms with E-state index >= 15 is 0 Å². The van der Waals surface area contributed by atoms with Gasteiger partial charge in [0.25, 0.3) is 0 Å². The zero-order valence-electron chi connectivity index (χ0n) is 12.2. The Balaban J connectivity index is 1.90. The van der Waals surface area contributed by atoms with E-state index in [9.17, 15) is 4.79 Å². The van der Waals surface area contributed by atoms with Gasteiger partial charge in [0.2, 0.25) is 0 Å². The Bertz CT molecular complexity index is 464. The summed E-state index contributed by atoms with van der Waals surface area (Å²) in [4.78, 5) is 11.7. The summed E-state index contributed by atoms with van der Waals surface area (Å²) in [5, 5.41) is 0. The van der Waals surface area contributed by atoms with Crippen LogP contribution in [-0.4, -0.2) is 18.7 Å². The van der Waals surface area contributed by atoms with E-state index in [0.29, 0.717) is 13.0 Å². The number of hydrogen-bond donors (Lipinski definition) is 0. The Kier molecular flexibility index (Phi) is 4.96. The molecule has 0 amide bonds. The first kappa shape index (κ1) is 14.8. The number of esters is 1. The number of ether oxygens (including phenoxy) is 2. The summed E-state index contributed by atoms with van der Waals surface area (Å²) >= 11 is 0. The van der Waals surface area contributed by atoms with E-state index in [1.165, 1.54) is 0 Å². The van der Waals surface area contributed by atoms with Crippen LogP contribution in [0.4, 0.5) is 0 Å². The molecule has 3 heteroatoms. The number of benzene rings is 1. The molecule has 1 aromatic carbocycles. The lowest BCUT2D eigenvalue weighted by Crippen LogP contribution is -2.26. The SMILES string of the molecule is C=C1C[C@@H](c2ccccc2)OC[C@H]1CC(=O)OC(C)C. The summed E-state index contributed by atoms with van der Waals surface area (Å²) < 4.78 is 11.1. The van der Waals surface area contributed by atoms with Gasteiger partial charge in [0, 0.05) is 5.92 Å². The lowest BCUT2D eigenvalue weighted by Gasteiger charge is -2.31. The summed E-state index contributed by atoms with van der Waals surface area (Å²) in [6, 6.07) is 10.1. The molecule has 0 aromatic heterocycles. The lowest BCUT2D eigenvalue weighted by atomic mass is 9.88. The molecule has 1 heterocycles. The molecule has 0 N–H and O–H groups in total. The van der Waals surface area contributed by atoms with Gasteiger partial charge in [0.15, 0.2) is 0 Å². The largest absolute Gasteiger partial charge is 0.463 e. The van der Waals surface area contributed by atoms with Crippen molar-refractivity contribution in [2.45, 2.75) is 38.9 Å². The first-order valence-corrected chi connectivity index (χ1v) is 7.10. The van der Waals surface area contributed by atoms with Gasteiger partial charge >= 0.3 is 5.97 Å². The lowest BCUT2D eigenvalue weighted by molar-refractivity contribution is -0.149. The van der Waals surface area contributed by atoms with Crippen LogP contribution in [0, 0.1) is 5.92 Å². The molecule has 3 nitrogen and oxygen atoms in total. The Hall–Kier alpha value is -1.61. The maximum Gasteiger partial charge on any atom is 0.306 e. The smallest absolute Gasteiger partial charge is 0.306 e. The van der Waals surface area contributed by atoms with Crippen molar-refractivity contribution in [3.05, 3.63) is 48.0 Å². The third-order valence-electron chi connectivity index (χ3n) is 3.48. The minimum Gasteiger partial charge on any atom is -0.463 e. The molecule has 0 aliphatic carbocycles. The molecule has 2 rings (SSSR count). The van der Waals surface area contributed by atoms with Gasteiger partial charge in [-0.25, -0.2) is 0 Å². The zero-order valence-corrected chi connectivity index (χ0v) is 12.2. The molecule has 20 heavy (non-hydrogen) atoms. The van der Waals surface area contributed by atoms with Crippen molar-refractivity contribution in [3.63, 3.8) is 0 Å². The molecule has 0 bridgehead atoms. The van der Waals surface area contributed by atoms with Gasteiger partial charge in [0.1, 0.15) is 0 Å². The van der Waals surface area contributed by atoms with Crippen LogP contribution in [-0.2, 0) is 14.3 Å². The quantitative estimate of drug-likeness (QED) is 0.621. The predicted octanol–water partition coefficient (Wildman–Crippen LogP) is 3.66. The van der Waals surface area contributed by atoms with Crippen molar-refractivity contribution in [2.75, 3.05) is 6.61 Å². The van der Waals surface area contributed by atoms with Crippen LogP contribution in [0.3, 0.4) is 0 Å². The van der Waals surface area contributed by atoms with E-state index in [4.69, 9.17) is 9.47 Å². The van der Waals surface area contributed by atoms with Crippen molar-refractivity contribution in [3.8, 4) is 0 Å². The van der Waals surface area contributed by atoms with Crippen LogP contribution >= 0.6 is 0 Å². The fourth-order valence-electron chi connectivity index (χ4n) is 2.41. The van der Waals surface area contributed by atoms with Crippen LogP contribution in [0.5, 0.6) is 0 Å². The first-order chi connectivity index (χ1) is 9.56. The average Bonchev–Trinajstić information content (AvgIpc) is 2.41. The monoisotopic (exact) mass is 274 g/mol. The van der Waals surface area contributed by atoms with Crippen LogP contribution in [0.25, 0.3) is 0 Å². The minimum absolute atomic E-state index is 0.0565. The van der Waals surface area contributed by atoms with Gasteiger partial charge in [-0.2, -0.15) is 0 Å². The van der Waals surface area contributed by atoms with E-state index in [2.05, 4.69) is 18.7 Å². The summed E-state index contributed by atoms with van der Waals surface area (Å²) in [7, 11) is 0. The minimum atomic E-state index is -0.173. The van der Waals surface area contributed by atoms with E-state index in [0.717, 1.165) is 17.6 Å². The number of hydrogen-bond acceptors (Lipinski definition) is 3. The number of carbonyl (C=O) groups excluding carboxylic acids is 1. The van der Waals surface area contributed by atoms with Gasteiger partial charge in [-0.05, 0) is 25.8 Å². The molecule has 0 radical (unpaired) electrons. The number of carbonyl (C=O) groups is 1. The third-order valence-corrected chi connectivity index (χ3v) is 3.48. The molecule has 2 atom stereocenters. The van der Waals surface area contributed by atoms with Crippen LogP contribution < -0.4 is 0 Å². The first-order valence-electron chi connectivity index (χ1n) is 7.10. The highest BCUT2D eigenvalue weighted by Crippen LogP contribution is 2.34. The van der Waals surface area contributed by atoms with Crippen LogP contribution in [0.1, 0.15) is 38.4 Å². The summed E-state index contributed by atoms with van der Waals surface area (Å²) in [6.07, 6.45) is 1.11. The van der Waals surface area contributed by atoms with Crippen molar-refractivity contribution in [2.24, 2.45) is 5.92 Å². The van der Waals surface area contributed by atoms with Gasteiger partial charge in [0.05, 0.1) is 25.2 Å². The van der Waals surface area contributed by atoms with Crippen molar-refractivity contribution in [1.29, 1.82) is 0 Å². The summed E-state index contributed by atoms with van der Waals surface area (Å²) in [5.41, 5.74) is 2.24. The predicted molar refractivity (Wildman–Crippen MR) is 78.2 cm³/mol. The normalized spacial score (nSPS) is 22.9. The molecule has 1 aliphatic rings. The molecular weight excluding hydrogens is 252 g/mol. The summed E-state index contributed by atoms with van der Waals surface area (Å²) in [5.74, 6) is -0.103. The van der Waals surface area contributed by atoms with Gasteiger partial charge in [-0.15, -0.1) is 0 Å². The van der Waals surface area contributed by atoms with Crippen LogP contribution in [0.15, 0.2) is 42.5 Å². The second-order valence-electron chi connectivity index (χ2n) is 5.53. The summed E-state index contributed by atoms with van der Waals surface area (Å²) in [6.45, 7) is 8.36. The maximum atomic E-state index is 11.7. The molecule has 1 saturated heterocycles. The van der Waals surface area contributed by atoms with Crippen molar-refractivity contribution >= 4 is 5.97 Å². The van der Waals surface area contributed by atoms with Crippen molar-refractivity contribution < 1.29 is 14.3 Å². The fourth-order valence-corrected chi connectivity index (χ4v) is 2.41. The maximum absolute atomic E-state index is 11.7. The zero-order chi connectivity index (χ0) is 14.5. The third kappa shape index (κ3) is 3.94. The van der Waals surface area contributed by atoms with Gasteiger partial charge in [-0.3, -0.25) is 4.79 Å². The number of rotatable bonds is 4. The molecule has 0 unspecified atom stereocenters. The Labute approximate surface area is 120 Å². The fraction of sp³-hybridized carbons (Fsp3) is 0.471. The molecule has 0 saturated carbocycles.